The molecule has 34 heavy (non-hydrogen) atoms. The minimum atomic E-state index is -0.338. The van der Waals surface area contributed by atoms with Gasteiger partial charge in [0, 0.05) is 17.9 Å². The van der Waals surface area contributed by atoms with E-state index in [1.165, 1.54) is 17.3 Å². The molecule has 0 bridgehead atoms. The molecule has 0 N–H and O–H groups in total. The molecule has 5 rings (SSSR count). The van der Waals surface area contributed by atoms with Crippen molar-refractivity contribution in [2.24, 2.45) is 0 Å². The lowest BCUT2D eigenvalue weighted by molar-refractivity contribution is -0.117. The Kier molecular flexibility index (Phi) is 6.56. The highest BCUT2D eigenvalue weighted by Crippen LogP contribution is 2.32. The van der Waals surface area contributed by atoms with Crippen molar-refractivity contribution in [1.29, 1.82) is 0 Å². The number of para-hydroxylation sites is 3. The topological polar surface area (TPSA) is 60.3 Å². The predicted octanol–water partition coefficient (Wildman–Crippen LogP) is 5.57. The summed E-state index contributed by atoms with van der Waals surface area (Å²) in [5, 5.41) is 9.63. The number of rotatable bonds is 7. The van der Waals surface area contributed by atoms with Crippen molar-refractivity contribution in [2.45, 2.75) is 30.4 Å². The van der Waals surface area contributed by atoms with Crippen molar-refractivity contribution in [1.82, 2.24) is 14.8 Å². The lowest BCUT2D eigenvalue weighted by atomic mass is 10.2. The number of aromatic nitrogens is 3. The number of halogens is 1. The molecule has 4 aromatic rings. The van der Waals surface area contributed by atoms with Crippen LogP contribution in [-0.4, -0.2) is 32.5 Å². The fourth-order valence-corrected chi connectivity index (χ4v) is 5.14. The summed E-state index contributed by atoms with van der Waals surface area (Å²) in [5.41, 5.74) is 3.11. The normalized spacial score (nSPS) is 13.5. The highest BCUT2D eigenvalue weighted by Gasteiger charge is 2.30. The summed E-state index contributed by atoms with van der Waals surface area (Å²) in [6, 6.07) is 25.2. The molecule has 1 unspecified atom stereocenters. The Balaban J connectivity index is 1.39. The average molecular weight is 491 g/mol. The third-order valence-electron chi connectivity index (χ3n) is 5.69. The first-order valence-electron chi connectivity index (χ1n) is 11.0. The molecule has 0 saturated carbocycles. The highest BCUT2D eigenvalue weighted by atomic mass is 35.5. The Bertz CT molecular complexity index is 1310. The second-order valence-corrected chi connectivity index (χ2v) is 9.63. The van der Waals surface area contributed by atoms with Crippen LogP contribution in [0.2, 0.25) is 5.02 Å². The predicted molar refractivity (Wildman–Crippen MR) is 135 cm³/mol. The number of fused-ring (bicyclic) bond motifs is 1. The molecule has 172 valence electrons. The van der Waals surface area contributed by atoms with Gasteiger partial charge in [-0.15, -0.1) is 10.2 Å². The summed E-state index contributed by atoms with van der Waals surface area (Å²) < 4.78 is 7.87. The van der Waals surface area contributed by atoms with Crippen LogP contribution >= 0.6 is 23.4 Å². The summed E-state index contributed by atoms with van der Waals surface area (Å²) in [7, 11) is 0. The molecule has 0 fully saturated rings. The van der Waals surface area contributed by atoms with Crippen LogP contribution in [-0.2, 0) is 17.8 Å². The molecule has 2 heterocycles. The monoisotopic (exact) mass is 490 g/mol. The summed E-state index contributed by atoms with van der Waals surface area (Å²) in [5.74, 6) is 1.27. The third kappa shape index (κ3) is 4.54. The van der Waals surface area contributed by atoms with E-state index in [4.69, 9.17) is 16.3 Å². The van der Waals surface area contributed by atoms with Crippen molar-refractivity contribution in [3.05, 3.63) is 95.3 Å². The van der Waals surface area contributed by atoms with Gasteiger partial charge in [0.1, 0.15) is 12.4 Å². The first-order valence-corrected chi connectivity index (χ1v) is 12.3. The maximum atomic E-state index is 13.3. The molecule has 1 aromatic heterocycles. The Morgan fingerprint density at radius 3 is 2.59 bits per heavy atom. The third-order valence-corrected chi connectivity index (χ3v) is 7.03. The summed E-state index contributed by atoms with van der Waals surface area (Å²) in [4.78, 5) is 15.2. The number of nitrogens with zero attached hydrogens (tertiary/aromatic N) is 4. The van der Waals surface area contributed by atoms with Crippen LogP contribution in [0.15, 0.2) is 84.0 Å². The Morgan fingerprint density at radius 1 is 1.03 bits per heavy atom. The van der Waals surface area contributed by atoms with Crippen molar-refractivity contribution >= 4 is 35.0 Å². The quantitative estimate of drug-likeness (QED) is 0.317. The lowest BCUT2D eigenvalue weighted by Crippen LogP contribution is -2.35. The fourth-order valence-electron chi connectivity index (χ4n) is 4.01. The second kappa shape index (κ2) is 9.91. The summed E-state index contributed by atoms with van der Waals surface area (Å²) in [6.45, 7) is 2.80. The zero-order valence-electron chi connectivity index (χ0n) is 18.6. The first-order chi connectivity index (χ1) is 16.6. The largest absolute Gasteiger partial charge is 0.484 e. The Hall–Kier alpha value is -3.29. The highest BCUT2D eigenvalue weighted by molar-refractivity contribution is 8.00. The Labute approximate surface area is 207 Å². The fraction of sp³-hybridized carbons (Fsp3) is 0.192. The molecule has 0 aliphatic carbocycles. The maximum Gasteiger partial charge on any atom is 0.240 e. The molecular weight excluding hydrogens is 468 g/mol. The zero-order valence-corrected chi connectivity index (χ0v) is 20.2. The van der Waals surface area contributed by atoms with Gasteiger partial charge in [0.25, 0.3) is 0 Å². The number of thioether (sulfide) groups is 1. The molecule has 1 aliphatic heterocycles. The first kappa shape index (κ1) is 22.5. The molecule has 6 nitrogen and oxygen atoms in total. The van der Waals surface area contributed by atoms with Gasteiger partial charge >= 0.3 is 0 Å². The number of hydrogen-bond donors (Lipinski definition) is 0. The van der Waals surface area contributed by atoms with Crippen LogP contribution < -0.4 is 9.64 Å². The molecule has 1 amide bonds. The Morgan fingerprint density at radius 2 is 1.76 bits per heavy atom. The van der Waals surface area contributed by atoms with Crippen molar-refractivity contribution in [2.75, 3.05) is 11.4 Å². The van der Waals surface area contributed by atoms with E-state index < -0.39 is 0 Å². The molecule has 8 heteroatoms. The summed E-state index contributed by atoms with van der Waals surface area (Å²) in [6.07, 6.45) is 0.878. The van der Waals surface area contributed by atoms with Gasteiger partial charge in [0.2, 0.25) is 5.91 Å². The van der Waals surface area contributed by atoms with Gasteiger partial charge in [-0.2, -0.15) is 0 Å². The van der Waals surface area contributed by atoms with E-state index in [9.17, 15) is 4.79 Å². The lowest BCUT2D eigenvalue weighted by Gasteiger charge is -2.21. The smallest absolute Gasteiger partial charge is 0.240 e. The zero-order chi connectivity index (χ0) is 23.5. The van der Waals surface area contributed by atoms with E-state index in [0.717, 1.165) is 17.8 Å². The number of benzene rings is 3. The molecule has 1 atom stereocenters. The van der Waals surface area contributed by atoms with Gasteiger partial charge in [-0.1, -0.05) is 71.9 Å². The van der Waals surface area contributed by atoms with Crippen molar-refractivity contribution < 1.29 is 9.53 Å². The van der Waals surface area contributed by atoms with Gasteiger partial charge in [-0.05, 0) is 49.2 Å². The summed E-state index contributed by atoms with van der Waals surface area (Å²) >= 11 is 7.64. The minimum absolute atomic E-state index is 0.0615. The van der Waals surface area contributed by atoms with Crippen LogP contribution in [0, 0.1) is 0 Å². The number of hydrogen-bond acceptors (Lipinski definition) is 5. The van der Waals surface area contributed by atoms with Crippen LogP contribution in [0.5, 0.6) is 5.75 Å². The average Bonchev–Trinajstić information content (AvgIpc) is 3.48. The number of carbonyl (C=O) groups is 1. The van der Waals surface area contributed by atoms with Crippen LogP contribution in [0.3, 0.4) is 0 Å². The number of amides is 1. The molecule has 3 aromatic carbocycles. The van der Waals surface area contributed by atoms with Gasteiger partial charge in [0.05, 0.1) is 10.3 Å². The second-order valence-electron chi connectivity index (χ2n) is 7.92. The minimum Gasteiger partial charge on any atom is -0.484 e. The van der Waals surface area contributed by atoms with Gasteiger partial charge < -0.3 is 9.64 Å². The molecule has 0 saturated heterocycles. The number of carbonyl (C=O) groups excluding carboxylic acids is 1. The number of anilines is 1. The SMILES string of the molecule is CC(Sc1nnc(COc2ccccc2Cl)n1-c1ccccc1)C(=O)N1CCc2ccccc21. The van der Waals surface area contributed by atoms with Gasteiger partial charge in [0.15, 0.2) is 11.0 Å². The molecule has 0 radical (unpaired) electrons. The molecule has 0 spiro atoms. The van der Waals surface area contributed by atoms with Crippen molar-refractivity contribution in [3.8, 4) is 11.4 Å². The van der Waals surface area contributed by atoms with E-state index >= 15 is 0 Å². The van der Waals surface area contributed by atoms with Crippen LogP contribution in [0.25, 0.3) is 5.69 Å². The molecule has 1 aliphatic rings. The van der Waals surface area contributed by atoms with Gasteiger partial charge in [-0.3, -0.25) is 9.36 Å². The standard InChI is InChI=1S/C26H23ClN4O2S/c1-18(25(32)30-16-15-19-9-5-7-13-22(19)30)34-26-29-28-24(31(26)20-10-3-2-4-11-20)17-33-23-14-8-6-12-21(23)27/h2-14,18H,15-17H2,1H3. The molecular formula is C26H23ClN4O2S. The van der Waals surface area contributed by atoms with Crippen LogP contribution in [0.4, 0.5) is 5.69 Å². The van der Waals surface area contributed by atoms with E-state index in [1.807, 2.05) is 83.1 Å². The van der Waals surface area contributed by atoms with E-state index in [0.29, 0.717) is 28.3 Å². The van der Waals surface area contributed by atoms with E-state index in [1.54, 1.807) is 6.07 Å². The maximum absolute atomic E-state index is 13.3. The number of ether oxygens (including phenoxy) is 1. The van der Waals surface area contributed by atoms with Crippen molar-refractivity contribution in [3.63, 3.8) is 0 Å². The van der Waals surface area contributed by atoms with Crippen LogP contribution in [0.1, 0.15) is 18.3 Å². The van der Waals surface area contributed by atoms with E-state index in [2.05, 4.69) is 16.3 Å². The van der Waals surface area contributed by atoms with E-state index in [-0.39, 0.29) is 17.8 Å². The van der Waals surface area contributed by atoms with Gasteiger partial charge in [-0.25, -0.2) is 0 Å².